The lowest BCUT2D eigenvalue weighted by Gasteiger charge is -2.42. The summed E-state index contributed by atoms with van der Waals surface area (Å²) in [6, 6.07) is 4.26. The topological polar surface area (TPSA) is 44.5 Å². The smallest absolute Gasteiger partial charge is 0.122 e. The van der Waals surface area contributed by atoms with E-state index < -0.39 is 0 Å². The Hall–Kier alpha value is -1.06. The standard InChI is InChI=1S/C16H25NO2/c1-11-9-15(18-3)12(2)8-13(11)14(17)10-16(19-4)6-5-7-16/h8-9,14H,5-7,10,17H2,1-4H3. The van der Waals surface area contributed by atoms with Gasteiger partial charge in [0.2, 0.25) is 0 Å². The molecule has 0 bridgehead atoms. The van der Waals surface area contributed by atoms with Gasteiger partial charge in [-0.05, 0) is 62.3 Å². The van der Waals surface area contributed by atoms with Crippen LogP contribution in [0.15, 0.2) is 12.1 Å². The first-order valence-electron chi connectivity index (χ1n) is 6.97. The Morgan fingerprint density at radius 2 is 1.89 bits per heavy atom. The monoisotopic (exact) mass is 263 g/mol. The van der Waals surface area contributed by atoms with Gasteiger partial charge in [0.05, 0.1) is 12.7 Å². The van der Waals surface area contributed by atoms with Crippen LogP contribution in [0.5, 0.6) is 5.75 Å². The van der Waals surface area contributed by atoms with Crippen LogP contribution in [0.1, 0.15) is 48.4 Å². The van der Waals surface area contributed by atoms with Crippen molar-refractivity contribution in [2.24, 2.45) is 5.73 Å². The summed E-state index contributed by atoms with van der Waals surface area (Å²) in [5.41, 5.74) is 9.96. The molecule has 1 aliphatic rings. The Morgan fingerprint density at radius 3 is 2.37 bits per heavy atom. The molecule has 3 heteroatoms. The first kappa shape index (κ1) is 14.4. The molecule has 1 fully saturated rings. The van der Waals surface area contributed by atoms with E-state index in [1.54, 1.807) is 14.2 Å². The predicted molar refractivity (Wildman–Crippen MR) is 77.6 cm³/mol. The van der Waals surface area contributed by atoms with Crippen LogP contribution < -0.4 is 10.5 Å². The van der Waals surface area contributed by atoms with Gasteiger partial charge in [-0.1, -0.05) is 6.07 Å². The Balaban J connectivity index is 2.19. The van der Waals surface area contributed by atoms with E-state index in [2.05, 4.69) is 26.0 Å². The zero-order valence-corrected chi connectivity index (χ0v) is 12.5. The molecular formula is C16H25NO2. The molecule has 2 rings (SSSR count). The van der Waals surface area contributed by atoms with Crippen LogP contribution in [0.4, 0.5) is 0 Å². The molecule has 0 amide bonds. The molecule has 1 unspecified atom stereocenters. The number of aryl methyl sites for hydroxylation is 2. The van der Waals surface area contributed by atoms with Crippen LogP contribution in [0, 0.1) is 13.8 Å². The summed E-state index contributed by atoms with van der Waals surface area (Å²) in [6.45, 7) is 4.15. The third-order valence-corrected chi connectivity index (χ3v) is 4.47. The van der Waals surface area contributed by atoms with Crippen molar-refractivity contribution in [1.82, 2.24) is 0 Å². The second kappa shape index (κ2) is 5.51. The average Bonchev–Trinajstić information content (AvgIpc) is 2.35. The summed E-state index contributed by atoms with van der Waals surface area (Å²) in [7, 11) is 3.51. The van der Waals surface area contributed by atoms with E-state index in [9.17, 15) is 0 Å². The van der Waals surface area contributed by atoms with Crippen molar-refractivity contribution in [3.8, 4) is 5.75 Å². The number of rotatable bonds is 5. The lowest BCUT2D eigenvalue weighted by atomic mass is 9.74. The first-order chi connectivity index (χ1) is 9.01. The number of nitrogens with two attached hydrogens (primary N) is 1. The average molecular weight is 263 g/mol. The van der Waals surface area contributed by atoms with Crippen LogP contribution in [0.2, 0.25) is 0 Å². The van der Waals surface area contributed by atoms with Crippen LogP contribution >= 0.6 is 0 Å². The molecular weight excluding hydrogens is 238 g/mol. The maximum Gasteiger partial charge on any atom is 0.122 e. The zero-order valence-electron chi connectivity index (χ0n) is 12.5. The molecule has 0 spiro atoms. The summed E-state index contributed by atoms with van der Waals surface area (Å²) in [4.78, 5) is 0. The lowest BCUT2D eigenvalue weighted by molar-refractivity contribution is -0.0817. The molecule has 106 valence electrons. The van der Waals surface area contributed by atoms with Gasteiger partial charge < -0.3 is 15.2 Å². The van der Waals surface area contributed by atoms with E-state index in [-0.39, 0.29) is 11.6 Å². The second-order valence-electron chi connectivity index (χ2n) is 5.73. The maximum absolute atomic E-state index is 6.41. The fourth-order valence-corrected chi connectivity index (χ4v) is 3.00. The molecule has 1 saturated carbocycles. The van der Waals surface area contributed by atoms with Crippen molar-refractivity contribution in [3.63, 3.8) is 0 Å². The number of hydrogen-bond donors (Lipinski definition) is 1. The van der Waals surface area contributed by atoms with E-state index in [0.29, 0.717) is 0 Å². The fourth-order valence-electron chi connectivity index (χ4n) is 3.00. The highest BCUT2D eigenvalue weighted by molar-refractivity contribution is 5.42. The SMILES string of the molecule is COc1cc(C)c(C(N)CC2(OC)CCC2)cc1C. The van der Waals surface area contributed by atoms with Gasteiger partial charge in [-0.2, -0.15) is 0 Å². The highest BCUT2D eigenvalue weighted by Gasteiger charge is 2.38. The van der Waals surface area contributed by atoms with E-state index in [1.807, 2.05) is 0 Å². The quantitative estimate of drug-likeness (QED) is 0.886. The van der Waals surface area contributed by atoms with Gasteiger partial charge in [0.15, 0.2) is 0 Å². The molecule has 1 aromatic carbocycles. The van der Waals surface area contributed by atoms with Gasteiger partial charge in [-0.15, -0.1) is 0 Å². The molecule has 2 N–H and O–H groups in total. The normalized spacial score (nSPS) is 18.8. The molecule has 0 saturated heterocycles. The molecule has 1 atom stereocenters. The second-order valence-corrected chi connectivity index (χ2v) is 5.73. The van der Waals surface area contributed by atoms with Gasteiger partial charge in [0, 0.05) is 13.2 Å². The Labute approximate surface area is 116 Å². The van der Waals surface area contributed by atoms with Gasteiger partial charge in [0.25, 0.3) is 0 Å². The molecule has 0 aliphatic heterocycles. The molecule has 0 aromatic heterocycles. The van der Waals surface area contributed by atoms with E-state index in [1.165, 1.54) is 17.5 Å². The highest BCUT2D eigenvalue weighted by Crippen LogP contribution is 2.42. The van der Waals surface area contributed by atoms with Crippen molar-refractivity contribution < 1.29 is 9.47 Å². The van der Waals surface area contributed by atoms with Gasteiger partial charge in [-0.3, -0.25) is 0 Å². The summed E-state index contributed by atoms with van der Waals surface area (Å²) >= 11 is 0. The first-order valence-corrected chi connectivity index (χ1v) is 6.97. The minimum atomic E-state index is 0.0136. The van der Waals surface area contributed by atoms with Crippen molar-refractivity contribution in [1.29, 1.82) is 0 Å². The molecule has 19 heavy (non-hydrogen) atoms. The molecule has 1 aliphatic carbocycles. The van der Waals surface area contributed by atoms with Gasteiger partial charge in [-0.25, -0.2) is 0 Å². The van der Waals surface area contributed by atoms with Crippen LogP contribution in [0.25, 0.3) is 0 Å². The van der Waals surface area contributed by atoms with Crippen molar-refractivity contribution in [2.45, 2.75) is 51.2 Å². The highest BCUT2D eigenvalue weighted by atomic mass is 16.5. The molecule has 0 radical (unpaired) electrons. The Bertz CT molecular complexity index is 447. The van der Waals surface area contributed by atoms with Crippen molar-refractivity contribution >= 4 is 0 Å². The van der Waals surface area contributed by atoms with E-state index in [4.69, 9.17) is 15.2 Å². The minimum absolute atomic E-state index is 0.0136. The molecule has 0 heterocycles. The zero-order chi connectivity index (χ0) is 14.0. The molecule has 1 aromatic rings. The third-order valence-electron chi connectivity index (χ3n) is 4.47. The van der Waals surface area contributed by atoms with Crippen LogP contribution in [-0.2, 0) is 4.74 Å². The largest absolute Gasteiger partial charge is 0.496 e. The van der Waals surface area contributed by atoms with E-state index >= 15 is 0 Å². The lowest BCUT2D eigenvalue weighted by Crippen LogP contribution is -2.42. The summed E-state index contributed by atoms with van der Waals surface area (Å²) < 4.78 is 11.0. The van der Waals surface area contributed by atoms with Crippen molar-refractivity contribution in [3.05, 3.63) is 28.8 Å². The fraction of sp³-hybridized carbons (Fsp3) is 0.625. The number of benzene rings is 1. The van der Waals surface area contributed by atoms with Crippen LogP contribution in [0.3, 0.4) is 0 Å². The minimum Gasteiger partial charge on any atom is -0.496 e. The Kier molecular flexibility index (Phi) is 4.16. The summed E-state index contributed by atoms with van der Waals surface area (Å²) in [5.74, 6) is 0.929. The number of hydrogen-bond acceptors (Lipinski definition) is 3. The Morgan fingerprint density at radius 1 is 1.21 bits per heavy atom. The van der Waals surface area contributed by atoms with Crippen LogP contribution in [-0.4, -0.2) is 19.8 Å². The van der Waals surface area contributed by atoms with Gasteiger partial charge in [0.1, 0.15) is 5.75 Å². The third kappa shape index (κ3) is 2.77. The van der Waals surface area contributed by atoms with E-state index in [0.717, 1.165) is 30.6 Å². The molecule has 3 nitrogen and oxygen atoms in total. The number of methoxy groups -OCH3 is 2. The number of ether oxygens (including phenoxy) is 2. The maximum atomic E-state index is 6.41. The predicted octanol–water partition coefficient (Wildman–Crippen LogP) is 3.27. The summed E-state index contributed by atoms with van der Waals surface area (Å²) in [5, 5.41) is 0. The van der Waals surface area contributed by atoms with Gasteiger partial charge >= 0.3 is 0 Å². The summed E-state index contributed by atoms with van der Waals surface area (Å²) in [6.07, 6.45) is 4.41. The van der Waals surface area contributed by atoms with Crippen molar-refractivity contribution in [2.75, 3.05) is 14.2 Å².